The lowest BCUT2D eigenvalue weighted by Crippen LogP contribution is -2.26. The van der Waals surface area contributed by atoms with E-state index >= 15 is 0 Å². The Labute approximate surface area is 155 Å². The SMILES string of the molecule is CCN(CCO)c1ccc(/C=C(\C#N)C(=O)c2cccc(C)c2)c(C)c1. The molecule has 26 heavy (non-hydrogen) atoms. The largest absolute Gasteiger partial charge is 0.395 e. The fourth-order valence-corrected chi connectivity index (χ4v) is 2.85. The molecule has 2 aromatic carbocycles. The minimum absolute atomic E-state index is 0.0954. The number of aliphatic hydroxyl groups excluding tert-OH is 1. The quantitative estimate of drug-likeness (QED) is 0.468. The van der Waals surface area contributed by atoms with E-state index < -0.39 is 0 Å². The van der Waals surface area contributed by atoms with Crippen LogP contribution < -0.4 is 4.90 Å². The van der Waals surface area contributed by atoms with Crippen molar-refractivity contribution in [3.8, 4) is 6.07 Å². The molecule has 0 bridgehead atoms. The number of hydrogen-bond acceptors (Lipinski definition) is 4. The summed E-state index contributed by atoms with van der Waals surface area (Å²) in [5, 5.41) is 18.6. The third-order valence-electron chi connectivity index (χ3n) is 4.32. The predicted octanol–water partition coefficient (Wildman–Crippen LogP) is 3.91. The second-order valence-electron chi connectivity index (χ2n) is 6.21. The number of nitriles is 1. The van der Waals surface area contributed by atoms with Gasteiger partial charge in [0.05, 0.1) is 6.61 Å². The third kappa shape index (κ3) is 4.59. The molecule has 0 saturated carbocycles. The molecule has 0 spiro atoms. The van der Waals surface area contributed by atoms with Gasteiger partial charge in [0.2, 0.25) is 5.78 Å². The molecular weight excluding hydrogens is 324 g/mol. The molecule has 4 nitrogen and oxygen atoms in total. The highest BCUT2D eigenvalue weighted by Crippen LogP contribution is 2.22. The molecule has 0 aliphatic carbocycles. The lowest BCUT2D eigenvalue weighted by molar-refractivity contribution is 0.104. The number of anilines is 1. The number of hydrogen-bond donors (Lipinski definition) is 1. The van der Waals surface area contributed by atoms with E-state index in [2.05, 4.69) is 4.90 Å². The molecule has 0 fully saturated rings. The molecule has 134 valence electrons. The zero-order chi connectivity index (χ0) is 19.1. The Morgan fingerprint density at radius 2 is 2.00 bits per heavy atom. The minimum Gasteiger partial charge on any atom is -0.395 e. The van der Waals surface area contributed by atoms with Crippen LogP contribution in [-0.4, -0.2) is 30.6 Å². The highest BCUT2D eigenvalue weighted by molar-refractivity contribution is 6.14. The number of likely N-dealkylation sites (N-methyl/N-ethyl adjacent to an activating group) is 1. The van der Waals surface area contributed by atoms with Gasteiger partial charge in [-0.1, -0.05) is 29.8 Å². The monoisotopic (exact) mass is 348 g/mol. The molecule has 0 aliphatic heterocycles. The first-order chi connectivity index (χ1) is 12.5. The van der Waals surface area contributed by atoms with Crippen LogP contribution in [0, 0.1) is 25.2 Å². The lowest BCUT2D eigenvalue weighted by atomic mass is 9.98. The van der Waals surface area contributed by atoms with Crippen LogP contribution in [0.4, 0.5) is 5.69 Å². The Kier molecular flexibility index (Phi) is 6.71. The van der Waals surface area contributed by atoms with Crippen molar-refractivity contribution in [1.29, 1.82) is 5.26 Å². The van der Waals surface area contributed by atoms with E-state index in [1.165, 1.54) is 0 Å². The van der Waals surface area contributed by atoms with Crippen molar-refractivity contribution in [2.75, 3.05) is 24.6 Å². The molecule has 0 amide bonds. The fourth-order valence-electron chi connectivity index (χ4n) is 2.85. The number of ketones is 1. The maximum atomic E-state index is 12.6. The maximum absolute atomic E-state index is 12.6. The van der Waals surface area contributed by atoms with Gasteiger partial charge in [-0.25, -0.2) is 0 Å². The molecule has 0 saturated heterocycles. The van der Waals surface area contributed by atoms with Gasteiger partial charge < -0.3 is 10.0 Å². The Hall–Kier alpha value is -2.90. The van der Waals surface area contributed by atoms with Gasteiger partial charge in [-0.15, -0.1) is 0 Å². The van der Waals surface area contributed by atoms with Gasteiger partial charge in [0, 0.05) is 24.3 Å². The highest BCUT2D eigenvalue weighted by Gasteiger charge is 2.13. The summed E-state index contributed by atoms with van der Waals surface area (Å²) >= 11 is 0. The molecule has 0 radical (unpaired) electrons. The van der Waals surface area contributed by atoms with Crippen molar-refractivity contribution in [2.24, 2.45) is 0 Å². The van der Waals surface area contributed by atoms with Crippen LogP contribution in [0.3, 0.4) is 0 Å². The molecule has 2 aromatic rings. The van der Waals surface area contributed by atoms with E-state index in [1.807, 2.05) is 57.2 Å². The van der Waals surface area contributed by atoms with Crippen molar-refractivity contribution in [3.05, 3.63) is 70.3 Å². The number of carbonyl (C=O) groups excluding carboxylic acids is 1. The van der Waals surface area contributed by atoms with Crippen LogP contribution in [0.15, 0.2) is 48.0 Å². The minimum atomic E-state index is -0.268. The summed E-state index contributed by atoms with van der Waals surface area (Å²) < 4.78 is 0. The molecule has 2 rings (SSSR count). The van der Waals surface area contributed by atoms with Crippen molar-refractivity contribution >= 4 is 17.5 Å². The molecule has 1 N–H and O–H groups in total. The van der Waals surface area contributed by atoms with Crippen molar-refractivity contribution < 1.29 is 9.90 Å². The van der Waals surface area contributed by atoms with Gasteiger partial charge in [0.1, 0.15) is 11.6 Å². The third-order valence-corrected chi connectivity index (χ3v) is 4.32. The summed E-state index contributed by atoms with van der Waals surface area (Å²) in [5.74, 6) is -0.268. The average Bonchev–Trinajstić information content (AvgIpc) is 2.64. The molecule has 4 heteroatoms. The van der Waals surface area contributed by atoms with Crippen molar-refractivity contribution in [3.63, 3.8) is 0 Å². The van der Waals surface area contributed by atoms with Gasteiger partial charge in [-0.2, -0.15) is 5.26 Å². The zero-order valence-corrected chi connectivity index (χ0v) is 15.5. The van der Waals surface area contributed by atoms with Crippen LogP contribution in [-0.2, 0) is 0 Å². The first-order valence-corrected chi connectivity index (χ1v) is 8.69. The molecule has 0 atom stereocenters. The first kappa shape index (κ1) is 19.4. The van der Waals surface area contributed by atoms with Crippen molar-refractivity contribution in [2.45, 2.75) is 20.8 Å². The summed E-state index contributed by atoms with van der Waals surface area (Å²) in [6, 6.07) is 15.2. The van der Waals surface area contributed by atoms with Crippen LogP contribution in [0.5, 0.6) is 0 Å². The normalized spacial score (nSPS) is 11.1. The molecule has 0 unspecified atom stereocenters. The molecule has 0 aromatic heterocycles. The maximum Gasteiger partial charge on any atom is 0.203 e. The summed E-state index contributed by atoms with van der Waals surface area (Å²) in [6.45, 7) is 7.37. The summed E-state index contributed by atoms with van der Waals surface area (Å²) in [7, 11) is 0. The van der Waals surface area contributed by atoms with Crippen LogP contribution in [0.25, 0.3) is 6.08 Å². The number of nitrogens with zero attached hydrogens (tertiary/aromatic N) is 2. The zero-order valence-electron chi connectivity index (χ0n) is 15.5. The Balaban J connectivity index is 2.34. The number of rotatable bonds is 7. The van der Waals surface area contributed by atoms with E-state index in [1.54, 1.807) is 18.2 Å². The van der Waals surface area contributed by atoms with Crippen molar-refractivity contribution in [1.82, 2.24) is 0 Å². The number of aryl methyl sites for hydroxylation is 2. The number of carbonyl (C=O) groups is 1. The van der Waals surface area contributed by atoms with Gasteiger partial charge >= 0.3 is 0 Å². The topological polar surface area (TPSA) is 64.3 Å². The van der Waals surface area contributed by atoms with Gasteiger partial charge in [-0.05, 0) is 56.2 Å². The molecule has 0 heterocycles. The number of Topliss-reactive ketones (excluding diaryl/α,β-unsaturated/α-hetero) is 1. The predicted molar refractivity (Wildman–Crippen MR) is 105 cm³/mol. The summed E-state index contributed by atoms with van der Waals surface area (Å²) in [6.07, 6.45) is 1.64. The van der Waals surface area contributed by atoms with E-state index in [9.17, 15) is 10.1 Å². The highest BCUT2D eigenvalue weighted by atomic mass is 16.3. The molecular formula is C22H24N2O2. The number of aliphatic hydroxyl groups is 1. The van der Waals surface area contributed by atoms with Gasteiger partial charge in [0.15, 0.2) is 0 Å². The number of benzene rings is 2. The Morgan fingerprint density at radius 3 is 2.58 bits per heavy atom. The van der Waals surface area contributed by atoms with E-state index in [0.29, 0.717) is 12.1 Å². The first-order valence-electron chi connectivity index (χ1n) is 8.69. The lowest BCUT2D eigenvalue weighted by Gasteiger charge is -2.22. The van der Waals surface area contributed by atoms with Crippen LogP contribution in [0.1, 0.15) is 34.0 Å². The van der Waals surface area contributed by atoms with Gasteiger partial charge in [0.25, 0.3) is 0 Å². The molecule has 0 aliphatic rings. The summed E-state index contributed by atoms with van der Waals surface area (Å²) in [5.41, 5.74) is 4.45. The Morgan fingerprint density at radius 1 is 1.23 bits per heavy atom. The Bertz CT molecular complexity index is 863. The smallest absolute Gasteiger partial charge is 0.203 e. The number of allylic oxidation sites excluding steroid dienone is 1. The standard InChI is InChI=1S/C22H24N2O2/c1-4-24(10-11-25)21-9-8-18(17(3)13-21)14-20(15-23)22(26)19-7-5-6-16(2)12-19/h5-9,12-14,25H,4,10-11H2,1-3H3/b20-14+. The van der Waals surface area contributed by atoms with Gasteiger partial charge in [-0.3, -0.25) is 4.79 Å². The van der Waals surface area contributed by atoms with Crippen LogP contribution >= 0.6 is 0 Å². The van der Waals surface area contributed by atoms with E-state index in [4.69, 9.17) is 5.11 Å². The second kappa shape index (κ2) is 8.98. The van der Waals surface area contributed by atoms with E-state index in [0.717, 1.165) is 28.9 Å². The van der Waals surface area contributed by atoms with Crippen LogP contribution in [0.2, 0.25) is 0 Å². The second-order valence-corrected chi connectivity index (χ2v) is 6.21. The average molecular weight is 348 g/mol. The fraction of sp³-hybridized carbons (Fsp3) is 0.273. The summed E-state index contributed by atoms with van der Waals surface area (Å²) in [4.78, 5) is 14.7. The van der Waals surface area contributed by atoms with E-state index in [-0.39, 0.29) is 18.0 Å².